The number of para-hydroxylation sites is 1. The topological polar surface area (TPSA) is 72.5 Å². The first-order chi connectivity index (χ1) is 14.0. The number of aromatic nitrogens is 4. The average molecular weight is 472 g/mol. The van der Waals surface area contributed by atoms with E-state index in [1.165, 1.54) is 16.3 Å². The van der Waals surface area contributed by atoms with Crippen LogP contribution in [0.1, 0.15) is 5.56 Å². The number of aryl methyl sites for hydroxylation is 1. The van der Waals surface area contributed by atoms with E-state index in [1.54, 1.807) is 25.1 Å². The Morgan fingerprint density at radius 3 is 2.66 bits per heavy atom. The molecule has 0 fully saturated rings. The third kappa shape index (κ3) is 3.67. The predicted octanol–water partition coefficient (Wildman–Crippen LogP) is 3.09. The lowest BCUT2D eigenvalue weighted by Gasteiger charge is -2.17. The molecule has 0 saturated carbocycles. The summed E-state index contributed by atoms with van der Waals surface area (Å²) in [5, 5.41) is 9.53. The highest BCUT2D eigenvalue weighted by molar-refractivity contribution is 9.10. The Kier molecular flexibility index (Phi) is 5.42. The van der Waals surface area contributed by atoms with Gasteiger partial charge in [0.2, 0.25) is 11.7 Å². The Balaban J connectivity index is 1.58. The molecule has 0 spiro atoms. The van der Waals surface area contributed by atoms with Crippen LogP contribution in [0.15, 0.2) is 63.0 Å². The molecule has 0 saturated heterocycles. The number of carbonyl (C=O) groups excluding carboxylic acids is 1. The highest BCUT2D eigenvalue weighted by Crippen LogP contribution is 2.22. The second kappa shape index (κ2) is 8.00. The van der Waals surface area contributed by atoms with Gasteiger partial charge in [-0.3, -0.25) is 18.6 Å². The van der Waals surface area contributed by atoms with E-state index in [4.69, 9.17) is 0 Å². The molecule has 7 nitrogen and oxygen atoms in total. The van der Waals surface area contributed by atoms with Gasteiger partial charge in [-0.05, 0) is 23.8 Å². The molecule has 2 aromatic carbocycles. The zero-order chi connectivity index (χ0) is 20.5. The second-order valence-electron chi connectivity index (χ2n) is 6.63. The first-order valence-corrected chi connectivity index (χ1v) is 10.7. The second-order valence-corrected chi connectivity index (χ2v) is 8.43. The quantitative estimate of drug-likeness (QED) is 0.418. The van der Waals surface area contributed by atoms with Crippen molar-refractivity contribution in [1.82, 2.24) is 24.1 Å². The van der Waals surface area contributed by atoms with Crippen molar-refractivity contribution in [1.29, 1.82) is 0 Å². The maximum absolute atomic E-state index is 12.7. The molecule has 2 heterocycles. The van der Waals surface area contributed by atoms with Crippen molar-refractivity contribution in [2.75, 3.05) is 12.8 Å². The van der Waals surface area contributed by atoms with Crippen molar-refractivity contribution in [3.8, 4) is 0 Å². The van der Waals surface area contributed by atoms with Crippen molar-refractivity contribution in [2.24, 2.45) is 7.05 Å². The summed E-state index contributed by atoms with van der Waals surface area (Å²) in [6.45, 7) is 0.513. The fraction of sp³-hybridized carbons (Fsp3) is 0.200. The number of thioether (sulfide) groups is 1. The van der Waals surface area contributed by atoms with Crippen LogP contribution in [0.5, 0.6) is 0 Å². The van der Waals surface area contributed by atoms with Gasteiger partial charge in [-0.1, -0.05) is 58.0 Å². The van der Waals surface area contributed by atoms with Gasteiger partial charge < -0.3 is 4.90 Å². The smallest absolute Gasteiger partial charge is 0.262 e. The van der Waals surface area contributed by atoms with E-state index in [1.807, 2.05) is 46.9 Å². The zero-order valence-corrected chi connectivity index (χ0v) is 18.3. The van der Waals surface area contributed by atoms with Crippen LogP contribution in [0.25, 0.3) is 16.7 Å². The summed E-state index contributed by atoms with van der Waals surface area (Å²) in [5.74, 6) is 0.653. The highest BCUT2D eigenvalue weighted by atomic mass is 79.9. The minimum atomic E-state index is -0.124. The largest absolute Gasteiger partial charge is 0.341 e. The van der Waals surface area contributed by atoms with Crippen LogP contribution in [0.4, 0.5) is 0 Å². The number of hydrogen-bond donors (Lipinski definition) is 0. The Morgan fingerprint density at radius 2 is 1.86 bits per heavy atom. The van der Waals surface area contributed by atoms with Crippen molar-refractivity contribution >= 4 is 50.3 Å². The summed E-state index contributed by atoms with van der Waals surface area (Å²) in [5.41, 5.74) is 1.65. The number of benzene rings is 2. The molecule has 0 unspecified atom stereocenters. The Morgan fingerprint density at radius 1 is 1.14 bits per heavy atom. The standard InChI is InChI=1S/C20H18BrN5O2S/c1-24(11-13-7-3-5-9-15(13)21)17(27)12-29-20-23-22-19-25(2)18(28)14-8-4-6-10-16(14)26(19)20/h3-10H,11-12H2,1-2H3. The summed E-state index contributed by atoms with van der Waals surface area (Å²) >= 11 is 4.82. The maximum atomic E-state index is 12.7. The van der Waals surface area contributed by atoms with Gasteiger partial charge in [-0.2, -0.15) is 0 Å². The van der Waals surface area contributed by atoms with Gasteiger partial charge >= 0.3 is 0 Å². The van der Waals surface area contributed by atoms with Gasteiger partial charge in [0, 0.05) is 25.1 Å². The maximum Gasteiger partial charge on any atom is 0.262 e. The van der Waals surface area contributed by atoms with Crippen LogP contribution < -0.4 is 5.56 Å². The van der Waals surface area contributed by atoms with E-state index in [-0.39, 0.29) is 17.2 Å². The molecule has 0 atom stereocenters. The molecular weight excluding hydrogens is 454 g/mol. The number of rotatable bonds is 5. The van der Waals surface area contributed by atoms with Crippen LogP contribution in [-0.2, 0) is 18.4 Å². The molecule has 0 bridgehead atoms. The minimum Gasteiger partial charge on any atom is -0.341 e. The van der Waals surface area contributed by atoms with Crippen molar-refractivity contribution in [3.05, 3.63) is 68.9 Å². The number of hydrogen-bond acceptors (Lipinski definition) is 5. The fourth-order valence-corrected chi connectivity index (χ4v) is 4.40. The number of carbonyl (C=O) groups is 1. The van der Waals surface area contributed by atoms with E-state index >= 15 is 0 Å². The van der Waals surface area contributed by atoms with Gasteiger partial charge in [0.05, 0.1) is 16.7 Å². The summed E-state index contributed by atoms with van der Waals surface area (Å²) in [6, 6.07) is 15.2. The number of fused-ring (bicyclic) bond motifs is 3. The molecule has 0 aliphatic carbocycles. The van der Waals surface area contributed by atoms with Crippen molar-refractivity contribution in [3.63, 3.8) is 0 Å². The Labute approximate surface area is 179 Å². The molecule has 29 heavy (non-hydrogen) atoms. The first-order valence-electron chi connectivity index (χ1n) is 8.90. The SMILES string of the molecule is CN(Cc1ccccc1Br)C(=O)CSc1nnc2n(C)c(=O)c3ccccc3n12. The number of halogens is 1. The highest BCUT2D eigenvalue weighted by Gasteiger charge is 2.17. The first kappa shape index (κ1) is 19.7. The minimum absolute atomic E-state index is 0.0170. The lowest BCUT2D eigenvalue weighted by atomic mass is 10.2. The molecule has 148 valence electrons. The summed E-state index contributed by atoms with van der Waals surface area (Å²) in [7, 11) is 3.45. The number of amides is 1. The molecule has 9 heteroatoms. The molecule has 0 N–H and O–H groups in total. The van der Waals surface area contributed by atoms with Gasteiger partial charge in [0.15, 0.2) is 5.16 Å². The van der Waals surface area contributed by atoms with Crippen LogP contribution in [0, 0.1) is 0 Å². The zero-order valence-electron chi connectivity index (χ0n) is 15.9. The van der Waals surface area contributed by atoms with E-state index < -0.39 is 0 Å². The lowest BCUT2D eigenvalue weighted by molar-refractivity contribution is -0.127. The van der Waals surface area contributed by atoms with E-state index in [9.17, 15) is 9.59 Å². The monoisotopic (exact) mass is 471 g/mol. The van der Waals surface area contributed by atoms with E-state index in [0.29, 0.717) is 22.9 Å². The van der Waals surface area contributed by atoms with Crippen LogP contribution in [0.2, 0.25) is 0 Å². The third-order valence-electron chi connectivity index (χ3n) is 4.71. The molecular formula is C20H18BrN5O2S. The van der Waals surface area contributed by atoms with Crippen molar-refractivity contribution < 1.29 is 4.79 Å². The van der Waals surface area contributed by atoms with Crippen molar-refractivity contribution in [2.45, 2.75) is 11.7 Å². The van der Waals surface area contributed by atoms with Gasteiger partial charge in [-0.15, -0.1) is 10.2 Å². The van der Waals surface area contributed by atoms with Crippen LogP contribution in [0.3, 0.4) is 0 Å². The molecule has 0 aliphatic heterocycles. The summed E-state index contributed by atoms with van der Waals surface area (Å²) in [6.07, 6.45) is 0. The Hall–Kier alpha value is -2.65. The normalized spacial score (nSPS) is 11.3. The van der Waals surface area contributed by atoms with Gasteiger partial charge in [-0.25, -0.2) is 0 Å². The van der Waals surface area contributed by atoms with Crippen LogP contribution >= 0.6 is 27.7 Å². The molecule has 0 aliphatic rings. The molecule has 4 aromatic rings. The fourth-order valence-electron chi connectivity index (χ4n) is 3.11. The van der Waals surface area contributed by atoms with E-state index in [0.717, 1.165) is 15.6 Å². The molecule has 1 amide bonds. The Bertz CT molecular complexity index is 1280. The number of nitrogens with zero attached hydrogens (tertiary/aromatic N) is 5. The van der Waals surface area contributed by atoms with E-state index in [2.05, 4.69) is 26.1 Å². The average Bonchev–Trinajstić information content (AvgIpc) is 3.16. The van der Waals surface area contributed by atoms with Gasteiger partial charge in [0.25, 0.3) is 5.56 Å². The molecule has 4 rings (SSSR count). The summed E-state index contributed by atoms with van der Waals surface area (Å²) in [4.78, 5) is 26.9. The van der Waals surface area contributed by atoms with Gasteiger partial charge in [0.1, 0.15) is 0 Å². The lowest BCUT2D eigenvalue weighted by Crippen LogP contribution is -2.28. The van der Waals surface area contributed by atoms with Crippen LogP contribution in [-0.4, -0.2) is 42.8 Å². The predicted molar refractivity (Wildman–Crippen MR) is 117 cm³/mol. The molecule has 2 aromatic heterocycles. The third-order valence-corrected chi connectivity index (χ3v) is 6.40. The molecule has 0 radical (unpaired) electrons. The summed E-state index contributed by atoms with van der Waals surface area (Å²) < 4.78 is 4.27.